The summed E-state index contributed by atoms with van der Waals surface area (Å²) in [5.41, 5.74) is 13.6. The second-order valence-electron chi connectivity index (χ2n) is 11.4. The summed E-state index contributed by atoms with van der Waals surface area (Å²) in [6.45, 7) is 7.90. The number of fused-ring (bicyclic) bond motifs is 1. The number of rotatable bonds is 17. The fourth-order valence-corrected chi connectivity index (χ4v) is 6.76. The van der Waals surface area contributed by atoms with Gasteiger partial charge in [0.15, 0.2) is 17.0 Å². The largest absolute Gasteiger partial charge is 0.480 e. The maximum atomic E-state index is 13.1. The average molecular weight is 640 g/mol. The third kappa shape index (κ3) is 10.2. The molecule has 0 fully saturated rings. The summed E-state index contributed by atoms with van der Waals surface area (Å²) in [5, 5.41) is 12.5. The zero-order valence-corrected chi connectivity index (χ0v) is 27.0. The first kappa shape index (κ1) is 35.4. The number of benzene rings is 1. The number of hydrogen-bond acceptors (Lipinski definition) is 11. The summed E-state index contributed by atoms with van der Waals surface area (Å²) < 4.78 is 23.5. The number of aromatic nitrogens is 4. The molecule has 1 aromatic carbocycles. The quantitative estimate of drug-likeness (QED) is 0.118. The van der Waals surface area contributed by atoms with Gasteiger partial charge in [-0.15, -0.1) is 12.3 Å². The van der Waals surface area contributed by atoms with Gasteiger partial charge >= 0.3 is 13.6 Å². The van der Waals surface area contributed by atoms with Crippen molar-refractivity contribution in [3.63, 3.8) is 0 Å². The van der Waals surface area contributed by atoms with Crippen molar-refractivity contribution in [2.24, 2.45) is 5.41 Å². The summed E-state index contributed by atoms with van der Waals surface area (Å²) in [5.74, 6) is 1.05. The molecule has 3 rings (SSSR count). The van der Waals surface area contributed by atoms with Crippen LogP contribution in [0.5, 0.6) is 0 Å². The van der Waals surface area contributed by atoms with E-state index >= 15 is 0 Å². The smallest absolute Gasteiger partial charge is 0.330 e. The van der Waals surface area contributed by atoms with Crippen LogP contribution in [-0.2, 0) is 24.8 Å². The van der Waals surface area contributed by atoms with Crippen LogP contribution in [-0.4, -0.2) is 62.3 Å². The zero-order chi connectivity index (χ0) is 33.2. The Morgan fingerprint density at radius 2 is 1.78 bits per heavy atom. The molecule has 2 heterocycles. The van der Waals surface area contributed by atoms with Crippen LogP contribution in [0.1, 0.15) is 80.9 Å². The molecule has 2 aromatic heterocycles. The summed E-state index contributed by atoms with van der Waals surface area (Å²) in [6, 6.07) is 5.73. The van der Waals surface area contributed by atoms with Crippen LogP contribution in [0, 0.1) is 17.8 Å². The number of carboxylic acids is 1. The van der Waals surface area contributed by atoms with Gasteiger partial charge in [-0.2, -0.15) is 9.97 Å². The minimum atomic E-state index is -3.19. The number of amides is 1. The van der Waals surface area contributed by atoms with Crippen LogP contribution in [0.25, 0.3) is 11.2 Å². The number of carboxylic acid groups (broad SMARTS) is 1. The molecule has 45 heavy (non-hydrogen) atoms. The van der Waals surface area contributed by atoms with Crippen molar-refractivity contribution in [2.75, 3.05) is 30.8 Å². The van der Waals surface area contributed by atoms with E-state index in [-0.39, 0.29) is 43.5 Å². The van der Waals surface area contributed by atoms with Crippen molar-refractivity contribution < 1.29 is 28.3 Å². The standard InChI is InChI=1S/C31H42N7O6P/c1-6-10-22(17-23-19-34-27-25(35-23)26(32)37-30(33)38-27)20-11-13-21(14-12-20)28(39)36-24(29(40)41)18-31(4,5)15-9-16-45(42,43-7-2)44-8-3/h1,11-14,19,22,24H,7-10,15-18H2,2-5H3,(H,36,39)(H,40,41)(H4,32,33,34,37,38)/t22?,24-/m0/s1. The Morgan fingerprint density at radius 1 is 1.11 bits per heavy atom. The van der Waals surface area contributed by atoms with Crippen LogP contribution < -0.4 is 16.8 Å². The van der Waals surface area contributed by atoms with Gasteiger partial charge in [-0.3, -0.25) is 9.36 Å². The Balaban J connectivity index is 1.66. The molecule has 0 aliphatic heterocycles. The first-order valence-corrected chi connectivity index (χ1v) is 16.5. The van der Waals surface area contributed by atoms with Crippen molar-refractivity contribution in [3.05, 3.63) is 47.3 Å². The molecule has 13 nitrogen and oxygen atoms in total. The van der Waals surface area contributed by atoms with E-state index in [0.717, 1.165) is 5.56 Å². The van der Waals surface area contributed by atoms with Crippen LogP contribution in [0.15, 0.2) is 30.5 Å². The number of carbonyl (C=O) groups excluding carboxylic acids is 1. The van der Waals surface area contributed by atoms with Gasteiger partial charge < -0.3 is 30.9 Å². The van der Waals surface area contributed by atoms with Crippen molar-refractivity contribution in [3.8, 4) is 12.3 Å². The van der Waals surface area contributed by atoms with E-state index in [0.29, 0.717) is 48.1 Å². The van der Waals surface area contributed by atoms with Crippen LogP contribution in [0.4, 0.5) is 11.8 Å². The molecule has 0 spiro atoms. The van der Waals surface area contributed by atoms with Gasteiger partial charge in [0.05, 0.1) is 31.3 Å². The maximum Gasteiger partial charge on any atom is 0.330 e. The highest BCUT2D eigenvalue weighted by molar-refractivity contribution is 7.53. The minimum absolute atomic E-state index is 0.0125. The Morgan fingerprint density at radius 3 is 2.38 bits per heavy atom. The fourth-order valence-electron chi connectivity index (χ4n) is 5.10. The molecule has 242 valence electrons. The van der Waals surface area contributed by atoms with Crippen LogP contribution >= 0.6 is 7.60 Å². The fraction of sp³-hybridized carbons (Fsp3) is 0.484. The molecule has 0 saturated carbocycles. The number of carbonyl (C=O) groups is 2. The van der Waals surface area contributed by atoms with E-state index in [9.17, 15) is 19.3 Å². The number of terminal acetylenes is 1. The highest BCUT2D eigenvalue weighted by atomic mass is 31.2. The molecule has 1 unspecified atom stereocenters. The number of nitrogens with two attached hydrogens (primary N) is 2. The third-order valence-corrected chi connectivity index (χ3v) is 9.43. The Bertz CT molecular complexity index is 1570. The lowest BCUT2D eigenvalue weighted by Crippen LogP contribution is -2.43. The minimum Gasteiger partial charge on any atom is -0.480 e. The number of anilines is 2. The Labute approximate surface area is 263 Å². The topological polar surface area (TPSA) is 206 Å². The molecule has 2 atom stereocenters. The second kappa shape index (κ2) is 15.8. The van der Waals surface area contributed by atoms with E-state index in [1.165, 1.54) is 0 Å². The van der Waals surface area contributed by atoms with E-state index in [4.69, 9.17) is 26.9 Å². The lowest BCUT2D eigenvalue weighted by molar-refractivity contribution is -0.140. The molecular formula is C31H42N7O6P. The molecule has 6 N–H and O–H groups in total. The molecule has 14 heteroatoms. The summed E-state index contributed by atoms with van der Waals surface area (Å²) in [4.78, 5) is 42.0. The second-order valence-corrected chi connectivity index (χ2v) is 13.6. The lowest BCUT2D eigenvalue weighted by Gasteiger charge is -2.29. The van der Waals surface area contributed by atoms with E-state index in [2.05, 4.69) is 31.2 Å². The SMILES string of the molecule is C#CCC(Cc1cnc2nc(N)nc(N)c2n1)c1ccc(C(=O)N[C@@H](CC(C)(C)CCCP(=O)(OCC)OCC)C(=O)O)cc1. The van der Waals surface area contributed by atoms with Gasteiger partial charge in [0, 0.05) is 17.9 Å². The molecule has 1 amide bonds. The molecule has 0 aliphatic carbocycles. The van der Waals surface area contributed by atoms with Crippen LogP contribution in [0.3, 0.4) is 0 Å². The predicted octanol–water partition coefficient (Wildman–Crippen LogP) is 4.58. The van der Waals surface area contributed by atoms with E-state index in [1.54, 1.807) is 44.3 Å². The number of nitrogen functional groups attached to an aromatic ring is 2. The van der Waals surface area contributed by atoms with Gasteiger partial charge in [0.1, 0.15) is 6.04 Å². The van der Waals surface area contributed by atoms with Gasteiger partial charge in [-0.25, -0.2) is 14.8 Å². The first-order chi connectivity index (χ1) is 21.3. The molecule has 3 aromatic rings. The monoisotopic (exact) mass is 639 g/mol. The highest BCUT2D eigenvalue weighted by Crippen LogP contribution is 2.49. The summed E-state index contributed by atoms with van der Waals surface area (Å²) in [7, 11) is -3.19. The highest BCUT2D eigenvalue weighted by Gasteiger charge is 2.31. The van der Waals surface area contributed by atoms with E-state index in [1.807, 2.05) is 13.8 Å². The Hall–Kier alpha value is -4.11. The average Bonchev–Trinajstić information content (AvgIpc) is 2.97. The van der Waals surface area contributed by atoms with Crippen molar-refractivity contribution in [2.45, 2.75) is 71.8 Å². The maximum absolute atomic E-state index is 13.1. The van der Waals surface area contributed by atoms with Crippen molar-refractivity contribution in [1.29, 1.82) is 0 Å². The summed E-state index contributed by atoms with van der Waals surface area (Å²) >= 11 is 0. The number of hydrogen-bond donors (Lipinski definition) is 4. The Kier molecular flexibility index (Phi) is 12.4. The molecule has 0 radical (unpaired) electrons. The van der Waals surface area contributed by atoms with Crippen LogP contribution in [0.2, 0.25) is 0 Å². The van der Waals surface area contributed by atoms with Gasteiger partial charge in [-0.05, 0) is 62.6 Å². The number of nitrogens with zero attached hydrogens (tertiary/aromatic N) is 4. The van der Waals surface area contributed by atoms with E-state index < -0.39 is 30.9 Å². The molecule has 0 bridgehead atoms. The predicted molar refractivity (Wildman–Crippen MR) is 173 cm³/mol. The van der Waals surface area contributed by atoms with Crippen molar-refractivity contribution in [1.82, 2.24) is 25.3 Å². The van der Waals surface area contributed by atoms with Gasteiger partial charge in [0.25, 0.3) is 5.91 Å². The third-order valence-electron chi connectivity index (χ3n) is 7.26. The lowest BCUT2D eigenvalue weighted by atomic mass is 9.81. The molecular weight excluding hydrogens is 597 g/mol. The first-order valence-electron chi connectivity index (χ1n) is 14.8. The van der Waals surface area contributed by atoms with Crippen molar-refractivity contribution >= 4 is 42.4 Å². The summed E-state index contributed by atoms with van der Waals surface area (Å²) in [6.07, 6.45) is 9.59. The van der Waals surface area contributed by atoms with Gasteiger partial charge in [0.2, 0.25) is 5.95 Å². The molecule has 0 saturated heterocycles. The molecule has 0 aliphatic rings. The number of nitrogens with one attached hydrogen (secondary N) is 1. The zero-order valence-electron chi connectivity index (χ0n) is 26.2. The normalized spacial score (nSPS) is 13.2. The van der Waals surface area contributed by atoms with Gasteiger partial charge in [-0.1, -0.05) is 26.0 Å². The number of aliphatic carboxylic acids is 1.